The quantitative estimate of drug-likeness (QED) is 0.795. The van der Waals surface area contributed by atoms with Crippen LogP contribution in [-0.4, -0.2) is 24.8 Å². The molecule has 0 spiro atoms. The van der Waals surface area contributed by atoms with Gasteiger partial charge in [0.25, 0.3) is 10.0 Å². The number of halogens is 1. The molecule has 0 amide bonds. The van der Waals surface area contributed by atoms with Crippen LogP contribution in [0.15, 0.2) is 26.5 Å². The number of hydrogen-bond acceptors (Lipinski definition) is 5. The van der Waals surface area contributed by atoms with Crippen molar-refractivity contribution >= 4 is 44.3 Å². The lowest BCUT2D eigenvalue weighted by Crippen LogP contribution is -2.25. The third kappa shape index (κ3) is 2.92. The summed E-state index contributed by atoms with van der Waals surface area (Å²) in [7, 11) is -1.90. The lowest BCUT2D eigenvalue weighted by atomic mass is 10.4. The Hall–Kier alpha value is -0.470. The standard InChI is InChI=1S/C10H11ClN2O2S3/c1-13(4-9-6-16-7-12-9)18(14,15)10-2-8(3-11)5-17-10/h2,5-7H,3-4H2,1H3. The maximum atomic E-state index is 12.3. The minimum absolute atomic E-state index is 0.278. The second-order valence-electron chi connectivity index (χ2n) is 3.65. The van der Waals surface area contributed by atoms with Crippen LogP contribution in [-0.2, 0) is 22.4 Å². The molecular weight excluding hydrogens is 312 g/mol. The minimum atomic E-state index is -3.45. The Morgan fingerprint density at radius 3 is 2.78 bits per heavy atom. The molecule has 0 N–H and O–H groups in total. The Morgan fingerprint density at radius 1 is 1.44 bits per heavy atom. The predicted octanol–water partition coefficient (Wildman–Crippen LogP) is 2.76. The third-order valence-corrected chi connectivity index (χ3v) is 6.53. The lowest BCUT2D eigenvalue weighted by Gasteiger charge is -2.14. The van der Waals surface area contributed by atoms with Crippen molar-refractivity contribution in [2.24, 2.45) is 0 Å². The van der Waals surface area contributed by atoms with Crippen LogP contribution in [0.3, 0.4) is 0 Å². The fraction of sp³-hybridized carbons (Fsp3) is 0.300. The van der Waals surface area contributed by atoms with E-state index in [1.807, 2.05) is 5.38 Å². The summed E-state index contributed by atoms with van der Waals surface area (Å²) in [4.78, 5) is 4.08. The molecule has 2 heterocycles. The Labute approximate surface area is 119 Å². The van der Waals surface area contributed by atoms with Crippen LogP contribution in [0.25, 0.3) is 0 Å². The van der Waals surface area contributed by atoms with Gasteiger partial charge in [-0.2, -0.15) is 4.31 Å². The molecule has 0 aliphatic rings. The number of hydrogen-bond donors (Lipinski definition) is 0. The highest BCUT2D eigenvalue weighted by atomic mass is 35.5. The first-order valence-electron chi connectivity index (χ1n) is 5.01. The van der Waals surface area contributed by atoms with Gasteiger partial charge < -0.3 is 0 Å². The van der Waals surface area contributed by atoms with Gasteiger partial charge in [0, 0.05) is 18.3 Å². The lowest BCUT2D eigenvalue weighted by molar-refractivity contribution is 0.464. The molecule has 2 aromatic rings. The molecule has 0 unspecified atom stereocenters. The van der Waals surface area contributed by atoms with E-state index in [4.69, 9.17) is 11.6 Å². The molecule has 0 bridgehead atoms. The van der Waals surface area contributed by atoms with Gasteiger partial charge in [0.2, 0.25) is 0 Å². The van der Waals surface area contributed by atoms with Gasteiger partial charge in [0.1, 0.15) is 4.21 Å². The highest BCUT2D eigenvalue weighted by Crippen LogP contribution is 2.25. The van der Waals surface area contributed by atoms with E-state index >= 15 is 0 Å². The van der Waals surface area contributed by atoms with Crippen LogP contribution in [0.1, 0.15) is 11.3 Å². The number of rotatable bonds is 5. The summed E-state index contributed by atoms with van der Waals surface area (Å²) in [6.45, 7) is 0.278. The van der Waals surface area contributed by atoms with E-state index in [0.717, 1.165) is 11.3 Å². The second kappa shape index (κ2) is 5.66. The zero-order valence-corrected chi connectivity index (χ0v) is 12.7. The second-order valence-corrected chi connectivity index (χ2v) is 7.82. The van der Waals surface area contributed by atoms with E-state index in [1.54, 1.807) is 24.0 Å². The molecule has 8 heteroatoms. The van der Waals surface area contributed by atoms with E-state index in [2.05, 4.69) is 4.98 Å². The Balaban J connectivity index is 2.19. The molecular formula is C10H11ClN2O2S3. The van der Waals surface area contributed by atoms with Crippen molar-refractivity contribution in [3.63, 3.8) is 0 Å². The summed E-state index contributed by atoms with van der Waals surface area (Å²) in [5, 5.41) is 3.60. The normalized spacial score (nSPS) is 12.2. The zero-order valence-electron chi connectivity index (χ0n) is 9.54. The van der Waals surface area contributed by atoms with E-state index in [9.17, 15) is 8.42 Å². The zero-order chi connectivity index (χ0) is 13.2. The van der Waals surface area contributed by atoms with E-state index < -0.39 is 10.0 Å². The minimum Gasteiger partial charge on any atom is -0.248 e. The molecule has 0 radical (unpaired) electrons. The number of thiophene rings is 1. The Morgan fingerprint density at radius 2 is 2.22 bits per heavy atom. The highest BCUT2D eigenvalue weighted by Gasteiger charge is 2.23. The van der Waals surface area contributed by atoms with Crippen molar-refractivity contribution in [1.29, 1.82) is 0 Å². The van der Waals surface area contributed by atoms with Crippen molar-refractivity contribution in [1.82, 2.24) is 9.29 Å². The summed E-state index contributed by atoms with van der Waals surface area (Å²) >= 11 is 8.31. The molecule has 18 heavy (non-hydrogen) atoms. The molecule has 0 aromatic carbocycles. The van der Waals surface area contributed by atoms with Gasteiger partial charge in [-0.1, -0.05) is 0 Å². The topological polar surface area (TPSA) is 50.3 Å². The fourth-order valence-electron chi connectivity index (χ4n) is 1.34. The maximum absolute atomic E-state index is 12.3. The SMILES string of the molecule is CN(Cc1cscn1)S(=O)(=O)c1cc(CCl)cs1. The molecule has 2 aromatic heterocycles. The molecule has 0 aliphatic carbocycles. The van der Waals surface area contributed by atoms with E-state index in [1.165, 1.54) is 27.0 Å². The Bertz CT molecular complexity index is 607. The summed E-state index contributed by atoms with van der Waals surface area (Å²) in [6, 6.07) is 1.62. The summed E-state index contributed by atoms with van der Waals surface area (Å²) < 4.78 is 26.1. The van der Waals surface area contributed by atoms with Crippen molar-refractivity contribution in [3.8, 4) is 0 Å². The van der Waals surface area contributed by atoms with Crippen molar-refractivity contribution < 1.29 is 8.42 Å². The number of sulfonamides is 1. The van der Waals surface area contributed by atoms with Gasteiger partial charge in [-0.25, -0.2) is 13.4 Å². The molecule has 98 valence electrons. The van der Waals surface area contributed by atoms with Gasteiger partial charge in [-0.05, 0) is 17.0 Å². The number of thiazole rings is 1. The van der Waals surface area contributed by atoms with Gasteiger partial charge in [-0.15, -0.1) is 34.3 Å². The van der Waals surface area contributed by atoms with Crippen LogP contribution in [0, 0.1) is 0 Å². The van der Waals surface area contributed by atoms with Crippen molar-refractivity contribution in [3.05, 3.63) is 33.6 Å². The van der Waals surface area contributed by atoms with Crippen LogP contribution in [0.2, 0.25) is 0 Å². The molecule has 4 nitrogen and oxygen atoms in total. The number of alkyl halides is 1. The van der Waals surface area contributed by atoms with Gasteiger partial charge in [-0.3, -0.25) is 0 Å². The molecule has 0 saturated heterocycles. The van der Waals surface area contributed by atoms with Gasteiger partial charge >= 0.3 is 0 Å². The van der Waals surface area contributed by atoms with Gasteiger partial charge in [0.15, 0.2) is 0 Å². The smallest absolute Gasteiger partial charge is 0.248 e. The van der Waals surface area contributed by atoms with Crippen molar-refractivity contribution in [2.45, 2.75) is 16.6 Å². The maximum Gasteiger partial charge on any atom is 0.252 e. The largest absolute Gasteiger partial charge is 0.252 e. The van der Waals surface area contributed by atoms with Crippen molar-refractivity contribution in [2.75, 3.05) is 7.05 Å². The third-order valence-electron chi connectivity index (χ3n) is 2.32. The molecule has 0 fully saturated rings. The summed E-state index contributed by atoms with van der Waals surface area (Å²) in [5.41, 5.74) is 3.26. The van der Waals surface area contributed by atoms with Crippen LogP contribution < -0.4 is 0 Å². The monoisotopic (exact) mass is 322 g/mol. The van der Waals surface area contributed by atoms with Crippen LogP contribution >= 0.6 is 34.3 Å². The number of nitrogens with zero attached hydrogens (tertiary/aromatic N) is 2. The fourth-order valence-corrected chi connectivity index (χ4v) is 4.70. The van der Waals surface area contributed by atoms with E-state index in [0.29, 0.717) is 10.1 Å². The Kier molecular flexibility index (Phi) is 4.39. The van der Waals surface area contributed by atoms with Crippen LogP contribution in [0.4, 0.5) is 0 Å². The first-order valence-corrected chi connectivity index (χ1v) is 8.80. The molecule has 2 rings (SSSR count). The number of aromatic nitrogens is 1. The predicted molar refractivity (Wildman–Crippen MR) is 74.6 cm³/mol. The summed E-state index contributed by atoms with van der Waals surface area (Å²) in [6.07, 6.45) is 0. The molecule has 0 atom stereocenters. The average molecular weight is 323 g/mol. The van der Waals surface area contributed by atoms with E-state index in [-0.39, 0.29) is 6.54 Å². The van der Waals surface area contributed by atoms with Crippen LogP contribution in [0.5, 0.6) is 0 Å². The molecule has 0 aliphatic heterocycles. The summed E-state index contributed by atoms with van der Waals surface area (Å²) in [5.74, 6) is 0.321. The highest BCUT2D eigenvalue weighted by molar-refractivity contribution is 7.91. The molecule has 0 saturated carbocycles. The first kappa shape index (κ1) is 14.0. The van der Waals surface area contributed by atoms with Gasteiger partial charge in [0.05, 0.1) is 17.7 Å². The average Bonchev–Trinajstić information content (AvgIpc) is 2.99. The first-order chi connectivity index (χ1) is 8.54.